The van der Waals surface area contributed by atoms with Crippen molar-refractivity contribution in [2.45, 2.75) is 135 Å². The normalized spacial score (nSPS) is 23.8. The Bertz CT molecular complexity index is 1090. The van der Waals surface area contributed by atoms with Gasteiger partial charge < -0.3 is 18.8 Å². The van der Waals surface area contributed by atoms with Crippen molar-refractivity contribution in [1.29, 1.82) is 0 Å². The van der Waals surface area contributed by atoms with E-state index >= 15 is 0 Å². The average Bonchev–Trinajstić information content (AvgIpc) is 3.54. The van der Waals surface area contributed by atoms with Crippen LogP contribution in [0.25, 0.3) is 0 Å². The quantitative estimate of drug-likeness (QED) is 0.0480. The fourth-order valence-electron chi connectivity index (χ4n) is 8.46. The minimum atomic E-state index is -0.391. The van der Waals surface area contributed by atoms with Crippen LogP contribution in [-0.2, 0) is 35.1 Å². The Morgan fingerprint density at radius 1 is 0.702 bits per heavy atom. The Kier molecular flexibility index (Phi) is 16.2. The standard InChI is InChI=1S/C40H61NO6/c1-2-3-4-5-6-7-8-9-10-11-12-13-14-15-16-19-37(42)45-30-36(32-47-39(44)29-41-20-17-18-21-41)31-46-38(43)28-40-25-33-22-34(26-40)24-35(23-33)27-40/h6-7,9-10,17-18,20-21,33-36H,2-5,8,11-16,19,22-32H2,1H3/b7-6-,10-9-. The van der Waals surface area contributed by atoms with E-state index < -0.39 is 5.92 Å². The molecule has 0 radical (unpaired) electrons. The number of rotatable bonds is 24. The van der Waals surface area contributed by atoms with Gasteiger partial charge in [0.15, 0.2) is 0 Å². The molecule has 47 heavy (non-hydrogen) atoms. The van der Waals surface area contributed by atoms with Crippen LogP contribution in [0.1, 0.15) is 129 Å². The minimum Gasteiger partial charge on any atom is -0.465 e. The molecule has 4 fully saturated rings. The zero-order chi connectivity index (χ0) is 33.2. The van der Waals surface area contributed by atoms with Gasteiger partial charge in [0.1, 0.15) is 26.4 Å². The van der Waals surface area contributed by atoms with Crippen molar-refractivity contribution in [1.82, 2.24) is 4.57 Å². The van der Waals surface area contributed by atoms with Gasteiger partial charge in [-0.3, -0.25) is 14.4 Å². The largest absolute Gasteiger partial charge is 0.465 e. The number of ether oxygens (including phenoxy) is 3. The van der Waals surface area contributed by atoms with E-state index in [1.54, 1.807) is 17.0 Å². The summed E-state index contributed by atoms with van der Waals surface area (Å²) in [6.45, 7) is 2.54. The van der Waals surface area contributed by atoms with Crippen molar-refractivity contribution < 1.29 is 28.6 Å². The fraction of sp³-hybridized carbons (Fsp3) is 0.725. The number of hydrogen-bond acceptors (Lipinski definition) is 6. The molecular weight excluding hydrogens is 590 g/mol. The second kappa shape index (κ2) is 20.5. The van der Waals surface area contributed by atoms with Crippen LogP contribution in [0.15, 0.2) is 48.8 Å². The zero-order valence-electron chi connectivity index (χ0n) is 29.1. The van der Waals surface area contributed by atoms with Gasteiger partial charge in [-0.15, -0.1) is 0 Å². The Labute approximate surface area is 283 Å². The van der Waals surface area contributed by atoms with E-state index in [0.717, 1.165) is 75.5 Å². The third-order valence-corrected chi connectivity index (χ3v) is 10.4. The molecule has 7 nitrogen and oxygen atoms in total. The van der Waals surface area contributed by atoms with E-state index in [0.29, 0.717) is 12.8 Å². The number of aromatic nitrogens is 1. The summed E-state index contributed by atoms with van der Waals surface area (Å²) in [5, 5.41) is 0. The lowest BCUT2D eigenvalue weighted by molar-refractivity contribution is -0.157. The zero-order valence-corrected chi connectivity index (χ0v) is 29.1. The molecule has 4 saturated carbocycles. The molecule has 7 heteroatoms. The molecule has 0 saturated heterocycles. The van der Waals surface area contributed by atoms with Crippen molar-refractivity contribution in [3.05, 3.63) is 48.8 Å². The van der Waals surface area contributed by atoms with Crippen LogP contribution in [0, 0.1) is 29.1 Å². The van der Waals surface area contributed by atoms with Gasteiger partial charge >= 0.3 is 17.9 Å². The van der Waals surface area contributed by atoms with Crippen LogP contribution in [0.2, 0.25) is 0 Å². The number of allylic oxidation sites excluding steroid dienone is 4. The monoisotopic (exact) mass is 651 g/mol. The molecule has 0 aliphatic heterocycles. The van der Waals surface area contributed by atoms with E-state index in [4.69, 9.17) is 14.2 Å². The summed E-state index contributed by atoms with van der Waals surface area (Å²) in [6.07, 6.45) is 33.5. The first kappa shape index (κ1) is 37.0. The van der Waals surface area contributed by atoms with Gasteiger partial charge in [0, 0.05) is 18.8 Å². The summed E-state index contributed by atoms with van der Waals surface area (Å²) >= 11 is 0. The van der Waals surface area contributed by atoms with Crippen LogP contribution < -0.4 is 0 Å². The molecule has 0 aromatic carbocycles. The molecule has 1 aromatic heterocycles. The Balaban J connectivity index is 1.09. The van der Waals surface area contributed by atoms with Crippen molar-refractivity contribution in [3.63, 3.8) is 0 Å². The predicted octanol–water partition coefficient (Wildman–Crippen LogP) is 9.15. The van der Waals surface area contributed by atoms with Crippen LogP contribution in [-0.4, -0.2) is 42.3 Å². The van der Waals surface area contributed by atoms with Crippen molar-refractivity contribution in [2.75, 3.05) is 19.8 Å². The molecule has 0 amide bonds. The number of unbranched alkanes of at least 4 members (excludes halogenated alkanes) is 8. The lowest BCUT2D eigenvalue weighted by Crippen LogP contribution is -2.47. The summed E-state index contributed by atoms with van der Waals surface area (Å²) in [5.41, 5.74) is 0.110. The number of carbonyl (C=O) groups excluding carboxylic acids is 3. The number of carbonyl (C=O) groups is 3. The van der Waals surface area contributed by atoms with Gasteiger partial charge in [-0.05, 0) is 112 Å². The van der Waals surface area contributed by atoms with Gasteiger partial charge in [-0.1, -0.05) is 63.3 Å². The molecule has 4 aliphatic carbocycles. The molecular formula is C40H61NO6. The molecule has 1 unspecified atom stereocenters. The van der Waals surface area contributed by atoms with Crippen molar-refractivity contribution >= 4 is 17.9 Å². The average molecular weight is 652 g/mol. The lowest BCUT2D eigenvalue weighted by Gasteiger charge is -2.56. The second-order valence-corrected chi connectivity index (χ2v) is 14.8. The summed E-state index contributed by atoms with van der Waals surface area (Å²) < 4.78 is 18.6. The first-order valence-electron chi connectivity index (χ1n) is 18.8. The molecule has 262 valence electrons. The van der Waals surface area contributed by atoms with Crippen LogP contribution in [0.3, 0.4) is 0 Å². The third kappa shape index (κ3) is 14.0. The van der Waals surface area contributed by atoms with E-state index in [9.17, 15) is 14.4 Å². The first-order chi connectivity index (χ1) is 22.9. The van der Waals surface area contributed by atoms with Crippen molar-refractivity contribution in [2.24, 2.45) is 29.1 Å². The molecule has 4 bridgehead atoms. The smallest absolute Gasteiger partial charge is 0.325 e. The third-order valence-electron chi connectivity index (χ3n) is 10.4. The molecule has 0 N–H and O–H groups in total. The summed E-state index contributed by atoms with van der Waals surface area (Å²) in [6, 6.07) is 3.71. The predicted molar refractivity (Wildman–Crippen MR) is 185 cm³/mol. The number of esters is 3. The van der Waals surface area contributed by atoms with E-state index in [1.165, 1.54) is 51.4 Å². The van der Waals surface area contributed by atoms with Gasteiger partial charge in [-0.2, -0.15) is 0 Å². The summed E-state index contributed by atoms with van der Waals surface area (Å²) in [7, 11) is 0. The summed E-state index contributed by atoms with van der Waals surface area (Å²) in [5.74, 6) is 1.15. The van der Waals surface area contributed by atoms with E-state index in [1.807, 2.05) is 12.1 Å². The highest BCUT2D eigenvalue weighted by Crippen LogP contribution is 2.61. The maximum atomic E-state index is 13.0. The van der Waals surface area contributed by atoms with Crippen molar-refractivity contribution in [3.8, 4) is 0 Å². The second-order valence-electron chi connectivity index (χ2n) is 14.8. The fourth-order valence-corrected chi connectivity index (χ4v) is 8.46. The first-order valence-corrected chi connectivity index (χ1v) is 18.8. The van der Waals surface area contributed by atoms with Gasteiger partial charge in [0.2, 0.25) is 0 Å². The number of hydrogen-bond donors (Lipinski definition) is 0. The van der Waals surface area contributed by atoms with Crippen LogP contribution >= 0.6 is 0 Å². The van der Waals surface area contributed by atoms with Crippen LogP contribution in [0.4, 0.5) is 0 Å². The highest BCUT2D eigenvalue weighted by molar-refractivity contribution is 5.71. The Morgan fingerprint density at radius 3 is 1.85 bits per heavy atom. The maximum absolute atomic E-state index is 13.0. The van der Waals surface area contributed by atoms with Gasteiger partial charge in [0.25, 0.3) is 0 Å². The van der Waals surface area contributed by atoms with E-state index in [2.05, 4.69) is 31.2 Å². The highest BCUT2D eigenvalue weighted by Gasteiger charge is 2.51. The van der Waals surface area contributed by atoms with E-state index in [-0.39, 0.29) is 49.7 Å². The molecule has 1 atom stereocenters. The van der Waals surface area contributed by atoms with Gasteiger partial charge in [0.05, 0.1) is 12.3 Å². The van der Waals surface area contributed by atoms with Crippen LogP contribution in [0.5, 0.6) is 0 Å². The molecule has 5 rings (SSSR count). The molecule has 0 spiro atoms. The Hall–Kier alpha value is -2.83. The SMILES string of the molecule is CCCCC/C=C\C/C=C\CCCCCCCC(=O)OCC(COC(=O)Cn1cccc1)COC(=O)CC12CC3CC(CC(C3)C1)C2. The topological polar surface area (TPSA) is 83.8 Å². The Morgan fingerprint density at radius 2 is 1.23 bits per heavy atom. The molecule has 4 aliphatic rings. The lowest BCUT2D eigenvalue weighted by atomic mass is 9.49. The number of nitrogens with zero attached hydrogens (tertiary/aromatic N) is 1. The molecule has 1 aromatic rings. The van der Waals surface area contributed by atoms with Gasteiger partial charge in [-0.25, -0.2) is 0 Å². The minimum absolute atomic E-state index is 0.0434. The maximum Gasteiger partial charge on any atom is 0.325 e. The molecule has 1 heterocycles. The summed E-state index contributed by atoms with van der Waals surface area (Å²) in [4.78, 5) is 38.0. The highest BCUT2D eigenvalue weighted by atomic mass is 16.6.